The summed E-state index contributed by atoms with van der Waals surface area (Å²) in [6.45, 7) is 4.87. The maximum absolute atomic E-state index is 13.1. The molecule has 1 saturated heterocycles. The number of likely N-dealkylation sites (N-methyl/N-ethyl adjacent to an activating group) is 1. The van der Waals surface area contributed by atoms with Crippen LogP contribution in [0.4, 0.5) is 8.78 Å². The quantitative estimate of drug-likeness (QED) is 0.725. The van der Waals surface area contributed by atoms with Gasteiger partial charge in [-0.1, -0.05) is 0 Å². The minimum Gasteiger partial charge on any atom is -0.307 e. The van der Waals surface area contributed by atoms with Gasteiger partial charge in [0.05, 0.1) is 6.04 Å². The summed E-state index contributed by atoms with van der Waals surface area (Å²) in [7, 11) is 1.88. The molecule has 1 heterocycles. The molecule has 78 valence electrons. The highest BCUT2D eigenvalue weighted by Gasteiger charge is 2.43. The van der Waals surface area contributed by atoms with Crippen molar-refractivity contribution in [2.24, 2.45) is 0 Å². The van der Waals surface area contributed by atoms with Gasteiger partial charge in [0.15, 0.2) is 0 Å². The predicted molar refractivity (Wildman–Crippen MR) is 49.1 cm³/mol. The topological polar surface area (TPSA) is 15.3 Å². The fourth-order valence-electron chi connectivity index (χ4n) is 1.43. The molecule has 1 aliphatic rings. The van der Waals surface area contributed by atoms with E-state index < -0.39 is 12.0 Å². The normalized spacial score (nSPS) is 27.5. The number of nitrogens with one attached hydrogen (secondary N) is 1. The van der Waals surface area contributed by atoms with E-state index in [1.165, 1.54) is 0 Å². The molecule has 0 bridgehead atoms. The third kappa shape index (κ3) is 2.61. The van der Waals surface area contributed by atoms with Crippen LogP contribution >= 0.6 is 0 Å². The lowest BCUT2D eigenvalue weighted by Crippen LogP contribution is -2.46. The van der Waals surface area contributed by atoms with Gasteiger partial charge in [-0.05, 0) is 20.9 Å². The Hall–Kier alpha value is -0.220. The van der Waals surface area contributed by atoms with E-state index >= 15 is 0 Å². The monoisotopic (exact) mass is 192 g/mol. The molecule has 1 fully saturated rings. The predicted octanol–water partition coefficient (Wildman–Crippen LogP) is 1.32. The Morgan fingerprint density at radius 3 is 2.54 bits per heavy atom. The standard InChI is InChI=1S/C9H18F2N2/c1-7(2)13(3)6-8-9(10,11)4-5-12-8/h7-8,12H,4-6H2,1-3H3. The average molecular weight is 192 g/mol. The van der Waals surface area contributed by atoms with Crippen LogP contribution in [-0.4, -0.2) is 43.0 Å². The minimum absolute atomic E-state index is 0.0242. The molecular formula is C9H18F2N2. The number of nitrogens with zero attached hydrogens (tertiary/aromatic N) is 1. The fourth-order valence-corrected chi connectivity index (χ4v) is 1.43. The van der Waals surface area contributed by atoms with Crippen molar-refractivity contribution in [3.8, 4) is 0 Å². The van der Waals surface area contributed by atoms with Crippen LogP contribution in [0.25, 0.3) is 0 Å². The molecule has 1 N–H and O–H groups in total. The lowest BCUT2D eigenvalue weighted by molar-refractivity contribution is -0.0207. The fraction of sp³-hybridized carbons (Fsp3) is 1.00. The first-order chi connectivity index (χ1) is 5.93. The van der Waals surface area contributed by atoms with E-state index in [1.807, 2.05) is 25.8 Å². The van der Waals surface area contributed by atoms with E-state index in [2.05, 4.69) is 5.32 Å². The van der Waals surface area contributed by atoms with Crippen molar-refractivity contribution in [3.05, 3.63) is 0 Å². The lowest BCUT2D eigenvalue weighted by Gasteiger charge is -2.27. The first-order valence-electron chi connectivity index (χ1n) is 4.75. The summed E-state index contributed by atoms with van der Waals surface area (Å²) in [4.78, 5) is 1.94. The summed E-state index contributed by atoms with van der Waals surface area (Å²) >= 11 is 0. The molecule has 2 nitrogen and oxygen atoms in total. The smallest absolute Gasteiger partial charge is 0.265 e. The van der Waals surface area contributed by atoms with Crippen LogP contribution in [0.3, 0.4) is 0 Å². The van der Waals surface area contributed by atoms with Gasteiger partial charge in [0.2, 0.25) is 0 Å². The van der Waals surface area contributed by atoms with Gasteiger partial charge in [0.25, 0.3) is 5.92 Å². The zero-order valence-electron chi connectivity index (χ0n) is 8.48. The molecule has 1 rings (SSSR count). The van der Waals surface area contributed by atoms with Gasteiger partial charge in [-0.3, -0.25) is 0 Å². The van der Waals surface area contributed by atoms with E-state index in [0.717, 1.165) is 0 Å². The molecule has 1 atom stereocenters. The molecule has 0 aromatic carbocycles. The molecular weight excluding hydrogens is 174 g/mol. The third-order valence-corrected chi connectivity index (χ3v) is 2.71. The first-order valence-corrected chi connectivity index (χ1v) is 4.75. The summed E-state index contributed by atoms with van der Waals surface area (Å²) in [6, 6.07) is -0.349. The van der Waals surface area contributed by atoms with Crippen molar-refractivity contribution in [2.75, 3.05) is 20.1 Å². The Bertz CT molecular complexity index is 171. The summed E-state index contributed by atoms with van der Waals surface area (Å²) in [5.41, 5.74) is 0. The van der Waals surface area contributed by atoms with Gasteiger partial charge in [-0.25, -0.2) is 8.78 Å². The van der Waals surface area contributed by atoms with Crippen molar-refractivity contribution < 1.29 is 8.78 Å². The van der Waals surface area contributed by atoms with E-state index in [1.54, 1.807) is 0 Å². The molecule has 13 heavy (non-hydrogen) atoms. The Kier molecular flexibility index (Phi) is 3.24. The van der Waals surface area contributed by atoms with Gasteiger partial charge < -0.3 is 10.2 Å². The van der Waals surface area contributed by atoms with Crippen LogP contribution in [0.1, 0.15) is 20.3 Å². The number of alkyl halides is 2. The number of halogens is 2. The van der Waals surface area contributed by atoms with E-state index in [9.17, 15) is 8.78 Å². The second-order valence-corrected chi connectivity index (χ2v) is 4.05. The summed E-state index contributed by atoms with van der Waals surface area (Å²) < 4.78 is 26.3. The minimum atomic E-state index is -2.52. The van der Waals surface area contributed by atoms with E-state index in [0.29, 0.717) is 19.1 Å². The zero-order valence-corrected chi connectivity index (χ0v) is 8.48. The van der Waals surface area contributed by atoms with Crippen LogP contribution in [-0.2, 0) is 0 Å². The van der Waals surface area contributed by atoms with Crippen LogP contribution in [0.2, 0.25) is 0 Å². The highest BCUT2D eigenvalue weighted by atomic mass is 19.3. The molecule has 1 unspecified atom stereocenters. The Balaban J connectivity index is 2.45. The Morgan fingerprint density at radius 2 is 2.15 bits per heavy atom. The van der Waals surface area contributed by atoms with Crippen molar-refractivity contribution in [1.29, 1.82) is 0 Å². The third-order valence-electron chi connectivity index (χ3n) is 2.71. The summed E-state index contributed by atoms with van der Waals surface area (Å²) in [5, 5.41) is 2.84. The molecule has 0 aromatic heterocycles. The molecule has 1 aliphatic heterocycles. The number of hydrogen-bond donors (Lipinski definition) is 1. The van der Waals surface area contributed by atoms with E-state index in [-0.39, 0.29) is 6.42 Å². The zero-order chi connectivity index (χ0) is 10.1. The van der Waals surface area contributed by atoms with Gasteiger partial charge >= 0.3 is 0 Å². The van der Waals surface area contributed by atoms with Crippen molar-refractivity contribution in [1.82, 2.24) is 10.2 Å². The molecule has 0 spiro atoms. The van der Waals surface area contributed by atoms with Crippen LogP contribution in [0.5, 0.6) is 0 Å². The Labute approximate surface area is 78.3 Å². The first kappa shape index (κ1) is 10.9. The molecule has 0 aliphatic carbocycles. The van der Waals surface area contributed by atoms with Crippen LogP contribution < -0.4 is 5.32 Å². The van der Waals surface area contributed by atoms with Gasteiger partial charge in [0.1, 0.15) is 0 Å². The van der Waals surface area contributed by atoms with Gasteiger partial charge in [-0.2, -0.15) is 0 Å². The van der Waals surface area contributed by atoms with E-state index in [4.69, 9.17) is 0 Å². The molecule has 0 aromatic rings. The molecule has 0 saturated carbocycles. The number of hydrogen-bond acceptors (Lipinski definition) is 2. The molecule has 0 radical (unpaired) electrons. The maximum Gasteiger partial charge on any atom is 0.265 e. The largest absolute Gasteiger partial charge is 0.307 e. The second-order valence-electron chi connectivity index (χ2n) is 4.05. The van der Waals surface area contributed by atoms with Gasteiger partial charge in [0, 0.05) is 25.6 Å². The van der Waals surface area contributed by atoms with Crippen molar-refractivity contribution in [3.63, 3.8) is 0 Å². The van der Waals surface area contributed by atoms with Crippen LogP contribution in [0, 0.1) is 0 Å². The van der Waals surface area contributed by atoms with Crippen LogP contribution in [0.15, 0.2) is 0 Å². The summed E-state index contributed by atoms with van der Waals surface area (Å²) in [6.07, 6.45) is -0.0242. The highest BCUT2D eigenvalue weighted by Crippen LogP contribution is 2.27. The Morgan fingerprint density at radius 1 is 1.54 bits per heavy atom. The lowest BCUT2D eigenvalue weighted by atomic mass is 10.1. The number of rotatable bonds is 3. The summed E-state index contributed by atoms with van der Waals surface area (Å²) in [5.74, 6) is -2.52. The van der Waals surface area contributed by atoms with Crippen molar-refractivity contribution >= 4 is 0 Å². The molecule has 4 heteroatoms. The van der Waals surface area contributed by atoms with Gasteiger partial charge in [-0.15, -0.1) is 0 Å². The van der Waals surface area contributed by atoms with Crippen molar-refractivity contribution in [2.45, 2.75) is 38.3 Å². The SMILES string of the molecule is CC(C)N(C)CC1NCCC1(F)F. The maximum atomic E-state index is 13.1. The highest BCUT2D eigenvalue weighted by molar-refractivity contribution is 4.92. The molecule has 0 amide bonds. The average Bonchev–Trinajstić information content (AvgIpc) is 2.30. The second kappa shape index (κ2) is 3.88.